The van der Waals surface area contributed by atoms with E-state index in [4.69, 9.17) is 4.74 Å². The zero-order chi connectivity index (χ0) is 16.1. The standard InChI is InChI=1S/C20H28N2O2/c23-11-17-18-10-22(13-20(18)12-21-9-19(17)24-20)16-7-5-14-3-1-2-4-15(14)6-8-16/h1-4,16-19,21,23H,5-13H2/t17-,18+,19+,20+/m0/s1. The highest BCUT2D eigenvalue weighted by Crippen LogP contribution is 2.48. The SMILES string of the molecule is OC[C@H]1[C@H]2CN(C3CCc4ccccc4CC3)C[C@]23CNC[C@H]1O3. The van der Waals surface area contributed by atoms with Crippen LogP contribution in [0.5, 0.6) is 0 Å². The first-order valence-electron chi connectivity index (χ1n) is 9.59. The minimum absolute atomic E-state index is 0.0462. The van der Waals surface area contributed by atoms with Gasteiger partial charge in [-0.05, 0) is 36.8 Å². The number of ether oxygens (including phenoxy) is 1. The molecule has 2 bridgehead atoms. The van der Waals surface area contributed by atoms with E-state index in [-0.39, 0.29) is 18.3 Å². The number of fused-ring (bicyclic) bond motifs is 2. The van der Waals surface area contributed by atoms with Crippen molar-refractivity contribution in [2.75, 3.05) is 32.8 Å². The molecule has 3 aliphatic heterocycles. The van der Waals surface area contributed by atoms with Crippen molar-refractivity contribution >= 4 is 0 Å². The molecule has 3 heterocycles. The molecule has 0 aromatic heterocycles. The third-order valence-corrected chi connectivity index (χ3v) is 7.07. The van der Waals surface area contributed by atoms with Crippen molar-refractivity contribution in [3.8, 4) is 0 Å². The van der Waals surface area contributed by atoms with Gasteiger partial charge in [-0.1, -0.05) is 24.3 Å². The second kappa shape index (κ2) is 5.80. The van der Waals surface area contributed by atoms with Crippen molar-refractivity contribution in [2.24, 2.45) is 11.8 Å². The molecular weight excluding hydrogens is 300 g/mol. The van der Waals surface area contributed by atoms with Crippen molar-refractivity contribution in [1.29, 1.82) is 0 Å². The van der Waals surface area contributed by atoms with Crippen molar-refractivity contribution in [3.05, 3.63) is 35.4 Å². The average Bonchev–Trinajstić information content (AvgIpc) is 2.93. The van der Waals surface area contributed by atoms with E-state index in [2.05, 4.69) is 34.5 Å². The maximum Gasteiger partial charge on any atom is 0.0981 e. The van der Waals surface area contributed by atoms with Gasteiger partial charge in [0, 0.05) is 50.7 Å². The average molecular weight is 328 g/mol. The number of hydrogen-bond donors (Lipinski definition) is 2. The van der Waals surface area contributed by atoms with E-state index in [1.54, 1.807) is 11.1 Å². The predicted octanol–water partition coefficient (Wildman–Crippen LogP) is 1.22. The van der Waals surface area contributed by atoms with Gasteiger partial charge in [0.05, 0.1) is 11.7 Å². The Bertz CT molecular complexity index is 594. The molecule has 0 unspecified atom stereocenters. The molecule has 1 aliphatic carbocycles. The quantitative estimate of drug-likeness (QED) is 0.801. The van der Waals surface area contributed by atoms with Crippen LogP contribution in [0.2, 0.25) is 0 Å². The monoisotopic (exact) mass is 328 g/mol. The number of benzene rings is 1. The number of aryl methyl sites for hydroxylation is 2. The zero-order valence-electron chi connectivity index (χ0n) is 14.3. The summed E-state index contributed by atoms with van der Waals surface area (Å²) in [7, 11) is 0. The van der Waals surface area contributed by atoms with Crippen LogP contribution in [0.25, 0.3) is 0 Å². The first kappa shape index (κ1) is 15.3. The van der Waals surface area contributed by atoms with Crippen LogP contribution in [0.4, 0.5) is 0 Å². The molecule has 0 amide bonds. The summed E-state index contributed by atoms with van der Waals surface area (Å²) in [5.74, 6) is 0.807. The molecule has 1 aromatic rings. The van der Waals surface area contributed by atoms with Gasteiger partial charge < -0.3 is 15.2 Å². The predicted molar refractivity (Wildman–Crippen MR) is 93.0 cm³/mol. The summed E-state index contributed by atoms with van der Waals surface area (Å²) in [6.07, 6.45) is 5.11. The molecule has 3 fully saturated rings. The second-order valence-corrected chi connectivity index (χ2v) is 8.23. The summed E-state index contributed by atoms with van der Waals surface area (Å²) in [6, 6.07) is 9.60. The van der Waals surface area contributed by atoms with Crippen molar-refractivity contribution in [2.45, 2.75) is 43.4 Å². The van der Waals surface area contributed by atoms with Gasteiger partial charge in [-0.25, -0.2) is 0 Å². The van der Waals surface area contributed by atoms with Gasteiger partial charge in [-0.2, -0.15) is 0 Å². The van der Waals surface area contributed by atoms with E-state index in [1.165, 1.54) is 25.7 Å². The van der Waals surface area contributed by atoms with Crippen LogP contribution in [0.3, 0.4) is 0 Å². The molecule has 3 saturated heterocycles. The van der Waals surface area contributed by atoms with Crippen LogP contribution in [0.1, 0.15) is 24.0 Å². The molecule has 130 valence electrons. The minimum Gasteiger partial charge on any atom is -0.396 e. The number of aliphatic hydroxyl groups excluding tert-OH is 1. The minimum atomic E-state index is -0.0462. The Hall–Kier alpha value is -0.940. The fourth-order valence-electron chi connectivity index (χ4n) is 5.81. The van der Waals surface area contributed by atoms with E-state index in [1.807, 2.05) is 0 Å². The third kappa shape index (κ3) is 2.27. The normalized spacial score (nSPS) is 39.5. The molecule has 0 radical (unpaired) electrons. The number of rotatable bonds is 2. The van der Waals surface area contributed by atoms with Crippen LogP contribution in [-0.2, 0) is 17.6 Å². The summed E-state index contributed by atoms with van der Waals surface area (Å²) < 4.78 is 6.46. The second-order valence-electron chi connectivity index (χ2n) is 8.23. The summed E-state index contributed by atoms with van der Waals surface area (Å²) in [5.41, 5.74) is 3.04. The Labute approximate surface area is 144 Å². The number of aliphatic hydroxyl groups is 1. The number of nitrogens with zero attached hydrogens (tertiary/aromatic N) is 1. The largest absolute Gasteiger partial charge is 0.396 e. The lowest BCUT2D eigenvalue weighted by Crippen LogP contribution is -2.52. The molecule has 0 saturated carbocycles. The molecule has 4 aliphatic rings. The van der Waals surface area contributed by atoms with Gasteiger partial charge >= 0.3 is 0 Å². The zero-order valence-corrected chi connectivity index (χ0v) is 14.3. The van der Waals surface area contributed by atoms with Gasteiger partial charge in [-0.3, -0.25) is 4.90 Å². The molecular formula is C20H28N2O2. The van der Waals surface area contributed by atoms with Crippen LogP contribution < -0.4 is 5.32 Å². The molecule has 4 heteroatoms. The van der Waals surface area contributed by atoms with Gasteiger partial charge in [-0.15, -0.1) is 0 Å². The summed E-state index contributed by atoms with van der Waals surface area (Å²) in [6.45, 7) is 4.27. The molecule has 4 nitrogen and oxygen atoms in total. The fraction of sp³-hybridized carbons (Fsp3) is 0.700. The lowest BCUT2D eigenvalue weighted by atomic mass is 9.83. The van der Waals surface area contributed by atoms with Gasteiger partial charge in [0.2, 0.25) is 0 Å². The smallest absolute Gasteiger partial charge is 0.0981 e. The van der Waals surface area contributed by atoms with Gasteiger partial charge in [0.1, 0.15) is 0 Å². The number of likely N-dealkylation sites (tertiary alicyclic amines) is 1. The topological polar surface area (TPSA) is 44.7 Å². The molecule has 1 aromatic carbocycles. The number of morpholine rings is 1. The van der Waals surface area contributed by atoms with Crippen LogP contribution in [-0.4, -0.2) is 60.5 Å². The fourth-order valence-corrected chi connectivity index (χ4v) is 5.81. The molecule has 5 rings (SSSR count). The Kier molecular flexibility index (Phi) is 3.71. The van der Waals surface area contributed by atoms with E-state index in [0.29, 0.717) is 17.9 Å². The maximum atomic E-state index is 9.89. The number of nitrogens with one attached hydrogen (secondary N) is 1. The highest BCUT2D eigenvalue weighted by atomic mass is 16.5. The number of hydrogen-bond acceptors (Lipinski definition) is 4. The van der Waals surface area contributed by atoms with Crippen molar-refractivity contribution in [3.63, 3.8) is 0 Å². The highest BCUT2D eigenvalue weighted by Gasteiger charge is 2.61. The molecule has 4 atom stereocenters. The van der Waals surface area contributed by atoms with Crippen molar-refractivity contribution in [1.82, 2.24) is 10.2 Å². The third-order valence-electron chi connectivity index (χ3n) is 7.07. The first-order valence-corrected chi connectivity index (χ1v) is 9.59. The Balaban J connectivity index is 1.33. The Morgan fingerprint density at radius 1 is 1.21 bits per heavy atom. The Morgan fingerprint density at radius 3 is 2.67 bits per heavy atom. The summed E-state index contributed by atoms with van der Waals surface area (Å²) in [4.78, 5) is 2.68. The van der Waals surface area contributed by atoms with Gasteiger partial charge in [0.25, 0.3) is 0 Å². The van der Waals surface area contributed by atoms with Crippen LogP contribution in [0, 0.1) is 11.8 Å². The van der Waals surface area contributed by atoms with E-state index < -0.39 is 0 Å². The first-order chi connectivity index (χ1) is 11.8. The highest BCUT2D eigenvalue weighted by molar-refractivity contribution is 5.28. The lowest BCUT2D eigenvalue weighted by molar-refractivity contribution is -0.0767. The molecule has 2 N–H and O–H groups in total. The van der Waals surface area contributed by atoms with Crippen LogP contribution >= 0.6 is 0 Å². The maximum absolute atomic E-state index is 9.89. The van der Waals surface area contributed by atoms with E-state index >= 15 is 0 Å². The van der Waals surface area contributed by atoms with Gasteiger partial charge in [0.15, 0.2) is 0 Å². The van der Waals surface area contributed by atoms with Crippen LogP contribution in [0.15, 0.2) is 24.3 Å². The van der Waals surface area contributed by atoms with Crippen molar-refractivity contribution < 1.29 is 9.84 Å². The Morgan fingerprint density at radius 2 is 1.96 bits per heavy atom. The van der Waals surface area contributed by atoms with E-state index in [9.17, 15) is 5.11 Å². The molecule has 24 heavy (non-hydrogen) atoms. The van der Waals surface area contributed by atoms with E-state index in [0.717, 1.165) is 26.2 Å². The summed E-state index contributed by atoms with van der Waals surface area (Å²) >= 11 is 0. The lowest BCUT2D eigenvalue weighted by Gasteiger charge is -2.35. The summed E-state index contributed by atoms with van der Waals surface area (Å²) in [5, 5.41) is 13.5. The molecule has 1 spiro atoms.